The predicted molar refractivity (Wildman–Crippen MR) is 66.3 cm³/mol. The Labute approximate surface area is 118 Å². The first-order chi connectivity index (χ1) is 8.58. The van der Waals surface area contributed by atoms with E-state index >= 15 is 0 Å². The van der Waals surface area contributed by atoms with E-state index < -0.39 is 24.9 Å². The molecule has 0 aromatic carbocycles. The molecule has 0 aliphatic heterocycles. The van der Waals surface area contributed by atoms with Crippen LogP contribution in [0.3, 0.4) is 0 Å². The fourth-order valence-corrected chi connectivity index (χ4v) is 1.44. The molecular formula is C10H26O6SiV-2. The Balaban J connectivity index is -0.000000102. The van der Waals surface area contributed by atoms with Crippen molar-refractivity contribution in [2.24, 2.45) is 0 Å². The molecule has 0 aromatic heterocycles. The van der Waals surface area contributed by atoms with Crippen LogP contribution in [0.2, 0.25) is 0 Å². The van der Waals surface area contributed by atoms with Gasteiger partial charge in [-0.05, 0) is 20.8 Å². The molecule has 0 aliphatic carbocycles. The van der Waals surface area contributed by atoms with Crippen LogP contribution in [0.5, 0.6) is 0 Å². The summed E-state index contributed by atoms with van der Waals surface area (Å²) in [5, 5.41) is 0. The first kappa shape index (κ1) is 26.7. The van der Waals surface area contributed by atoms with Crippen LogP contribution in [-0.4, -0.2) is 33.4 Å². The molecule has 0 spiro atoms. The maximum absolute atomic E-state index is 8.67. The van der Waals surface area contributed by atoms with Gasteiger partial charge in [0, 0.05) is 19.8 Å². The quantitative estimate of drug-likeness (QED) is 0.595. The van der Waals surface area contributed by atoms with Crippen molar-refractivity contribution >= 4 is 9.53 Å². The molecule has 18 heavy (non-hydrogen) atoms. The fourth-order valence-electron chi connectivity index (χ4n) is 0.479. The molecule has 0 amide bonds. The molecule has 0 bridgehead atoms. The minimum atomic E-state index is -3.69. The van der Waals surface area contributed by atoms with Crippen molar-refractivity contribution in [2.75, 3.05) is 19.8 Å². The third kappa shape index (κ3) is 44.2. The molecule has 0 atom stereocenters. The second-order valence-corrected chi connectivity index (χ2v) is 3.90. The molecule has 0 rings (SSSR count). The van der Waals surface area contributed by atoms with Crippen LogP contribution in [0.4, 0.5) is 0 Å². The van der Waals surface area contributed by atoms with Crippen LogP contribution >= 0.6 is 0 Å². The van der Waals surface area contributed by atoms with Gasteiger partial charge in [0.05, 0.1) is 0 Å². The van der Waals surface area contributed by atoms with Gasteiger partial charge in [0.1, 0.15) is 0 Å². The third-order valence-corrected chi connectivity index (χ3v) is 2.36. The molecule has 8 heteroatoms. The van der Waals surface area contributed by atoms with Gasteiger partial charge < -0.3 is 27.1 Å². The van der Waals surface area contributed by atoms with Crippen molar-refractivity contribution < 1.29 is 40.1 Å². The predicted octanol–water partition coefficient (Wildman–Crippen LogP) is 1.96. The normalized spacial score (nSPS) is 8.06. The number of rotatable bonds is 6. The average molecular weight is 321 g/mol. The molecule has 0 aliphatic rings. The van der Waals surface area contributed by atoms with Gasteiger partial charge in [-0.15, -0.1) is 0 Å². The van der Waals surface area contributed by atoms with Crippen LogP contribution in [0.1, 0.15) is 34.6 Å². The van der Waals surface area contributed by atoms with Crippen LogP contribution in [0, 0.1) is 13.8 Å². The Morgan fingerprint density at radius 3 is 1.17 bits per heavy atom. The molecule has 6 nitrogen and oxygen atoms in total. The summed E-state index contributed by atoms with van der Waals surface area (Å²) in [6.45, 7) is 17.8. The van der Waals surface area contributed by atoms with Crippen LogP contribution in [0.15, 0.2) is 0 Å². The Morgan fingerprint density at radius 1 is 0.889 bits per heavy atom. The van der Waals surface area contributed by atoms with Crippen LogP contribution in [0.25, 0.3) is 0 Å². The fraction of sp³-hybridized carbons (Fsp3) is 0.800. The first-order valence-corrected chi connectivity index (χ1v) is 8.57. The minimum absolute atomic E-state index is 0.661. The van der Waals surface area contributed by atoms with E-state index in [2.05, 4.69) is 13.8 Å². The van der Waals surface area contributed by atoms with Crippen molar-refractivity contribution in [1.29, 1.82) is 0 Å². The number of hydrogen-bond acceptors (Lipinski definition) is 5. The SMILES string of the molecule is CCO[Si](OCC)OCC.[CH2-]C.[CH2-]C.[O]=[V](=[O])[OH]. The van der Waals surface area contributed by atoms with Crippen LogP contribution < -0.4 is 0 Å². The molecule has 0 saturated heterocycles. The van der Waals surface area contributed by atoms with E-state index in [1.54, 1.807) is 13.8 Å². The molecule has 0 unspecified atom stereocenters. The Kier molecular flexibility index (Phi) is 45.1. The summed E-state index contributed by atoms with van der Waals surface area (Å²) in [7, 11) is -1.40. The van der Waals surface area contributed by atoms with Crippen molar-refractivity contribution in [1.82, 2.24) is 0 Å². The monoisotopic (exact) mass is 321 g/mol. The first-order valence-electron chi connectivity index (χ1n) is 5.58. The zero-order valence-corrected chi connectivity index (χ0v) is 14.4. The van der Waals surface area contributed by atoms with Gasteiger partial charge in [0.25, 0.3) is 0 Å². The van der Waals surface area contributed by atoms with E-state index in [0.717, 1.165) is 0 Å². The van der Waals surface area contributed by atoms with Gasteiger partial charge in [-0.2, -0.15) is 13.8 Å². The van der Waals surface area contributed by atoms with Gasteiger partial charge >= 0.3 is 36.3 Å². The summed E-state index contributed by atoms with van der Waals surface area (Å²) in [5.41, 5.74) is 0. The van der Waals surface area contributed by atoms with Gasteiger partial charge in [-0.3, -0.25) is 0 Å². The molecule has 1 N–H and O–H groups in total. The topological polar surface area (TPSA) is 82.1 Å². The van der Waals surface area contributed by atoms with Gasteiger partial charge in [-0.1, -0.05) is 0 Å². The van der Waals surface area contributed by atoms with Crippen molar-refractivity contribution in [2.45, 2.75) is 34.6 Å². The summed E-state index contributed by atoms with van der Waals surface area (Å²) in [4.78, 5) is 0. The second kappa shape index (κ2) is 30.3. The second-order valence-electron chi connectivity index (χ2n) is 1.79. The molecule has 0 aromatic rings. The van der Waals surface area contributed by atoms with Gasteiger partial charge in [0.15, 0.2) is 0 Å². The van der Waals surface area contributed by atoms with Crippen LogP contribution in [-0.2, 0) is 36.0 Å². The average Bonchev–Trinajstić information content (AvgIpc) is 2.34. The zero-order chi connectivity index (χ0) is 15.4. The van der Waals surface area contributed by atoms with Gasteiger partial charge in [-0.25, -0.2) is 0 Å². The molecule has 0 fully saturated rings. The standard InChI is InChI=1S/C6H15O3Si.2C2H5.H2O.2O.V/c1-4-7-10(8-5-2)9-6-3;2*1-2;;;;/h4-6H2,1-3H3;2*1H2,2H3;1H2;;;/q;2*-1;;;;+1/p-1. The van der Waals surface area contributed by atoms with Crippen molar-refractivity contribution in [3.05, 3.63) is 13.8 Å². The maximum atomic E-state index is 8.67. The summed E-state index contributed by atoms with van der Waals surface area (Å²) in [6.07, 6.45) is 0. The summed E-state index contributed by atoms with van der Waals surface area (Å²) in [5.74, 6) is 0. The van der Waals surface area contributed by atoms with E-state index in [-0.39, 0.29) is 0 Å². The molecule has 113 valence electrons. The Hall–Kier alpha value is 0.241. The molecular weight excluding hydrogens is 295 g/mol. The van der Waals surface area contributed by atoms with E-state index in [1.165, 1.54) is 0 Å². The molecule has 0 saturated carbocycles. The Morgan fingerprint density at radius 2 is 1.06 bits per heavy atom. The Bertz CT molecular complexity index is 155. The van der Waals surface area contributed by atoms with Gasteiger partial charge in [0.2, 0.25) is 0 Å². The molecule has 0 heterocycles. The van der Waals surface area contributed by atoms with E-state index in [4.69, 9.17) is 24.7 Å². The van der Waals surface area contributed by atoms with Crippen molar-refractivity contribution in [3.8, 4) is 0 Å². The molecule has 1 radical (unpaired) electrons. The summed E-state index contributed by atoms with van der Waals surface area (Å²) >= 11 is -3.69. The van der Waals surface area contributed by atoms with E-state index in [1.807, 2.05) is 20.8 Å². The summed E-state index contributed by atoms with van der Waals surface area (Å²) in [6, 6.07) is 0. The zero-order valence-electron chi connectivity index (χ0n) is 12.0. The summed E-state index contributed by atoms with van der Waals surface area (Å²) < 4.78 is 40.0. The van der Waals surface area contributed by atoms with Crippen molar-refractivity contribution in [3.63, 3.8) is 0 Å². The van der Waals surface area contributed by atoms with E-state index in [9.17, 15) is 0 Å². The van der Waals surface area contributed by atoms with E-state index in [0.29, 0.717) is 19.8 Å². The third-order valence-electron chi connectivity index (χ3n) is 0.787. The number of hydrogen-bond donors (Lipinski definition) is 1.